The average Bonchev–Trinajstić information content (AvgIpc) is 3.58. The highest BCUT2D eigenvalue weighted by Gasteiger charge is 2.29. The third-order valence-electron chi connectivity index (χ3n) is 5.39. The van der Waals surface area contributed by atoms with Crippen LogP contribution in [0.5, 0.6) is 5.75 Å². The van der Waals surface area contributed by atoms with Crippen molar-refractivity contribution in [3.63, 3.8) is 0 Å². The Morgan fingerprint density at radius 2 is 1.79 bits per heavy atom. The van der Waals surface area contributed by atoms with Crippen LogP contribution in [0.4, 0.5) is 5.69 Å². The van der Waals surface area contributed by atoms with E-state index in [9.17, 15) is 4.79 Å². The zero-order valence-corrected chi connectivity index (χ0v) is 16.9. The summed E-state index contributed by atoms with van der Waals surface area (Å²) in [7, 11) is 0. The second-order valence-corrected chi connectivity index (χ2v) is 7.60. The largest absolute Gasteiger partial charge is 0.494 e. The molecule has 3 aromatic carbocycles. The topological polar surface area (TPSA) is 41.6 Å². The van der Waals surface area contributed by atoms with E-state index in [1.807, 2.05) is 31.2 Å². The smallest absolute Gasteiger partial charge is 0.225 e. The number of nitrogens with one attached hydrogen (secondary N) is 1. The number of rotatable bonds is 9. The third-order valence-corrected chi connectivity index (χ3v) is 5.39. The molecule has 4 rings (SSSR count). The van der Waals surface area contributed by atoms with Gasteiger partial charge in [-0.1, -0.05) is 42.5 Å². The molecule has 0 aliphatic heterocycles. The zero-order valence-electron chi connectivity index (χ0n) is 16.9. The lowest BCUT2D eigenvalue weighted by molar-refractivity contribution is -0.116. The minimum absolute atomic E-state index is 0.0535. The van der Waals surface area contributed by atoms with Crippen molar-refractivity contribution in [3.05, 3.63) is 72.3 Å². The number of hydrogen-bond donors (Lipinski definition) is 1. The second kappa shape index (κ2) is 9.10. The van der Waals surface area contributed by atoms with E-state index in [4.69, 9.17) is 4.74 Å². The summed E-state index contributed by atoms with van der Waals surface area (Å²) in [5.41, 5.74) is 2.15. The first-order valence-electron chi connectivity index (χ1n) is 10.5. The Morgan fingerprint density at radius 3 is 2.55 bits per heavy atom. The van der Waals surface area contributed by atoms with Crippen LogP contribution in [0.2, 0.25) is 0 Å². The zero-order chi connectivity index (χ0) is 20.1. The molecule has 150 valence electrons. The summed E-state index contributed by atoms with van der Waals surface area (Å²) in [5, 5.41) is 5.58. The molecule has 4 heteroatoms. The van der Waals surface area contributed by atoms with Crippen molar-refractivity contribution in [2.45, 2.75) is 38.8 Å². The number of anilines is 1. The van der Waals surface area contributed by atoms with Gasteiger partial charge >= 0.3 is 0 Å². The van der Waals surface area contributed by atoms with Crippen molar-refractivity contribution in [1.29, 1.82) is 0 Å². The number of carbonyl (C=O) groups excluding carboxylic acids is 1. The van der Waals surface area contributed by atoms with Crippen LogP contribution >= 0.6 is 0 Å². The average molecular weight is 389 g/mol. The van der Waals surface area contributed by atoms with E-state index in [2.05, 4.69) is 52.7 Å². The van der Waals surface area contributed by atoms with Gasteiger partial charge in [0.25, 0.3) is 0 Å². The predicted molar refractivity (Wildman–Crippen MR) is 118 cm³/mol. The molecule has 1 aliphatic rings. The first-order valence-corrected chi connectivity index (χ1v) is 10.5. The summed E-state index contributed by atoms with van der Waals surface area (Å²) in [4.78, 5) is 14.9. The van der Waals surface area contributed by atoms with E-state index in [1.54, 1.807) is 0 Å². The molecule has 0 spiro atoms. The first-order chi connectivity index (χ1) is 14.2. The van der Waals surface area contributed by atoms with E-state index >= 15 is 0 Å². The van der Waals surface area contributed by atoms with Gasteiger partial charge in [-0.25, -0.2) is 0 Å². The molecule has 29 heavy (non-hydrogen) atoms. The molecule has 4 nitrogen and oxygen atoms in total. The van der Waals surface area contributed by atoms with Gasteiger partial charge in [-0.2, -0.15) is 0 Å². The normalized spacial score (nSPS) is 13.6. The van der Waals surface area contributed by atoms with Crippen LogP contribution in [0.1, 0.15) is 31.7 Å². The molecule has 1 saturated carbocycles. The number of hydrogen-bond acceptors (Lipinski definition) is 3. The molecule has 1 fully saturated rings. The van der Waals surface area contributed by atoms with Crippen LogP contribution in [-0.2, 0) is 11.3 Å². The molecule has 1 amide bonds. The highest BCUT2D eigenvalue weighted by molar-refractivity contribution is 5.91. The van der Waals surface area contributed by atoms with Crippen LogP contribution in [0.25, 0.3) is 10.8 Å². The minimum atomic E-state index is 0.0535. The molecule has 0 aromatic heterocycles. The maximum atomic E-state index is 12.5. The first kappa shape index (κ1) is 19.5. The molecule has 1 aliphatic carbocycles. The lowest BCUT2D eigenvalue weighted by Crippen LogP contribution is -2.29. The molecule has 0 unspecified atom stereocenters. The number of carbonyl (C=O) groups is 1. The van der Waals surface area contributed by atoms with Gasteiger partial charge in [0.2, 0.25) is 5.91 Å². The summed E-state index contributed by atoms with van der Waals surface area (Å²) in [5.74, 6) is 0.873. The van der Waals surface area contributed by atoms with Crippen molar-refractivity contribution < 1.29 is 9.53 Å². The summed E-state index contributed by atoms with van der Waals surface area (Å²) in [6.07, 6.45) is 2.95. The molecule has 0 atom stereocenters. The number of benzene rings is 3. The van der Waals surface area contributed by atoms with E-state index < -0.39 is 0 Å². The van der Waals surface area contributed by atoms with Crippen LogP contribution in [-0.4, -0.2) is 30.0 Å². The lowest BCUT2D eigenvalue weighted by Gasteiger charge is -2.22. The summed E-state index contributed by atoms with van der Waals surface area (Å²) in [6, 6.07) is 23.2. The fraction of sp³-hybridized carbons (Fsp3) is 0.320. The Morgan fingerprint density at radius 1 is 1.03 bits per heavy atom. The minimum Gasteiger partial charge on any atom is -0.494 e. The Bertz CT molecular complexity index is 959. The molecular weight excluding hydrogens is 360 g/mol. The molecule has 1 N–H and O–H groups in total. The highest BCUT2D eigenvalue weighted by Crippen LogP contribution is 2.30. The molecule has 0 bridgehead atoms. The molecule has 0 saturated heterocycles. The Kier molecular flexibility index (Phi) is 6.11. The number of nitrogens with zero attached hydrogens (tertiary/aromatic N) is 1. The van der Waals surface area contributed by atoms with Crippen LogP contribution < -0.4 is 10.1 Å². The van der Waals surface area contributed by atoms with Gasteiger partial charge < -0.3 is 10.1 Å². The van der Waals surface area contributed by atoms with Gasteiger partial charge in [0.1, 0.15) is 5.75 Å². The van der Waals surface area contributed by atoms with Crippen molar-refractivity contribution in [1.82, 2.24) is 4.90 Å². The lowest BCUT2D eigenvalue weighted by atomic mass is 10.0. The van der Waals surface area contributed by atoms with Crippen molar-refractivity contribution in [3.8, 4) is 5.75 Å². The fourth-order valence-corrected chi connectivity index (χ4v) is 3.75. The molecular formula is C25H28N2O2. The number of ether oxygens (including phenoxy) is 1. The van der Waals surface area contributed by atoms with Crippen molar-refractivity contribution in [2.75, 3.05) is 18.5 Å². The highest BCUT2D eigenvalue weighted by atomic mass is 16.5. The fourth-order valence-electron chi connectivity index (χ4n) is 3.75. The summed E-state index contributed by atoms with van der Waals surface area (Å²) < 4.78 is 5.45. The maximum Gasteiger partial charge on any atom is 0.225 e. The van der Waals surface area contributed by atoms with Crippen LogP contribution in [0.3, 0.4) is 0 Å². The SMILES string of the molecule is CCOc1ccc(NC(=O)CCN(Cc2cccc3ccccc23)C2CC2)cc1. The van der Waals surface area contributed by atoms with Crippen molar-refractivity contribution in [2.24, 2.45) is 0 Å². The number of amides is 1. The van der Waals surface area contributed by atoms with E-state index in [-0.39, 0.29) is 5.91 Å². The van der Waals surface area contributed by atoms with Gasteiger partial charge in [-0.15, -0.1) is 0 Å². The van der Waals surface area contributed by atoms with Crippen molar-refractivity contribution >= 4 is 22.4 Å². The molecule has 0 radical (unpaired) electrons. The van der Waals surface area contributed by atoms with Gasteiger partial charge in [-0.3, -0.25) is 9.69 Å². The molecule has 3 aromatic rings. The third kappa shape index (κ3) is 5.15. The quantitative estimate of drug-likeness (QED) is 0.546. The van der Waals surface area contributed by atoms with Gasteiger partial charge in [0.05, 0.1) is 6.61 Å². The summed E-state index contributed by atoms with van der Waals surface area (Å²) >= 11 is 0. The van der Waals surface area contributed by atoms with Gasteiger partial charge in [0.15, 0.2) is 0 Å². The maximum absolute atomic E-state index is 12.5. The van der Waals surface area contributed by atoms with E-state index in [0.29, 0.717) is 19.1 Å². The van der Waals surface area contributed by atoms with Crippen LogP contribution in [0, 0.1) is 0 Å². The molecule has 0 heterocycles. The Hall–Kier alpha value is -2.85. The Balaban J connectivity index is 1.36. The van der Waals surface area contributed by atoms with Crippen LogP contribution in [0.15, 0.2) is 66.7 Å². The van der Waals surface area contributed by atoms with E-state index in [0.717, 1.165) is 24.5 Å². The monoisotopic (exact) mass is 388 g/mol. The van der Waals surface area contributed by atoms with Gasteiger partial charge in [0, 0.05) is 31.2 Å². The van der Waals surface area contributed by atoms with Gasteiger partial charge in [-0.05, 0) is 60.4 Å². The second-order valence-electron chi connectivity index (χ2n) is 7.60. The Labute approximate surface area is 172 Å². The summed E-state index contributed by atoms with van der Waals surface area (Å²) in [6.45, 7) is 4.26. The number of fused-ring (bicyclic) bond motifs is 1. The standard InChI is InChI=1S/C25H28N2O2/c1-2-29-23-14-10-21(11-15-23)26-25(28)16-17-27(22-12-13-22)18-20-8-5-7-19-6-3-4-9-24(19)20/h3-11,14-15,22H,2,12-13,16-18H2,1H3,(H,26,28). The predicted octanol–water partition coefficient (Wildman–Crippen LogP) is 5.23. The van der Waals surface area contributed by atoms with E-state index in [1.165, 1.54) is 29.2 Å².